The van der Waals surface area contributed by atoms with E-state index in [1.807, 2.05) is 23.5 Å². The van der Waals surface area contributed by atoms with E-state index >= 15 is 0 Å². The van der Waals surface area contributed by atoms with E-state index in [4.69, 9.17) is 0 Å². The molecule has 104 valence electrons. The first-order chi connectivity index (χ1) is 9.74. The van der Waals surface area contributed by atoms with E-state index in [1.54, 1.807) is 0 Å². The summed E-state index contributed by atoms with van der Waals surface area (Å²) in [6.45, 7) is 4.49. The van der Waals surface area contributed by atoms with Gasteiger partial charge in [-0.15, -0.1) is 23.5 Å². The Morgan fingerprint density at radius 1 is 0.650 bits per heavy atom. The molecule has 0 nitrogen and oxygen atoms in total. The second-order valence-electron chi connectivity index (χ2n) is 4.66. The standard InChI is InChI=1S/C18H20S2/c1-15(19-17-9-5-3-6-10-17)13-14-16(2)20-18-11-7-4-8-12-18/h3-16H,1-2H3/b14-13+. The predicted octanol–water partition coefficient (Wildman–Crippen LogP) is 5.90. The Morgan fingerprint density at radius 3 is 1.35 bits per heavy atom. The number of hydrogen-bond donors (Lipinski definition) is 0. The maximum Gasteiger partial charge on any atom is 0.0246 e. The van der Waals surface area contributed by atoms with E-state index in [-0.39, 0.29) is 0 Å². The van der Waals surface area contributed by atoms with Gasteiger partial charge in [0.25, 0.3) is 0 Å². The Balaban J connectivity index is 1.82. The van der Waals surface area contributed by atoms with E-state index in [2.05, 4.69) is 86.7 Å². The van der Waals surface area contributed by atoms with Gasteiger partial charge in [-0.25, -0.2) is 0 Å². The minimum Gasteiger partial charge on any atom is -0.119 e. The SMILES string of the molecule is CC(/C=C/C(C)Sc1ccccc1)Sc1ccccc1. The van der Waals surface area contributed by atoms with Crippen molar-refractivity contribution >= 4 is 23.5 Å². The summed E-state index contributed by atoms with van der Waals surface area (Å²) in [4.78, 5) is 2.65. The van der Waals surface area contributed by atoms with Crippen LogP contribution in [-0.2, 0) is 0 Å². The second kappa shape index (κ2) is 8.23. The lowest BCUT2D eigenvalue weighted by Crippen LogP contribution is -1.94. The van der Waals surface area contributed by atoms with E-state index in [0.717, 1.165) is 0 Å². The zero-order valence-electron chi connectivity index (χ0n) is 11.9. The Hall–Kier alpha value is -1.12. The van der Waals surface area contributed by atoms with Crippen molar-refractivity contribution in [2.45, 2.75) is 34.1 Å². The molecule has 0 bridgehead atoms. The van der Waals surface area contributed by atoms with Gasteiger partial charge in [0.1, 0.15) is 0 Å². The molecule has 2 rings (SSSR count). The van der Waals surface area contributed by atoms with Crippen molar-refractivity contribution < 1.29 is 0 Å². The summed E-state index contributed by atoms with van der Waals surface area (Å²) in [6, 6.07) is 21.1. The molecule has 0 N–H and O–H groups in total. The summed E-state index contributed by atoms with van der Waals surface area (Å²) in [5.74, 6) is 0. The third-order valence-corrected chi connectivity index (χ3v) is 4.93. The Labute approximate surface area is 130 Å². The molecular weight excluding hydrogens is 280 g/mol. The molecule has 0 radical (unpaired) electrons. The molecule has 0 aliphatic carbocycles. The second-order valence-corrected chi connectivity index (χ2v) is 7.56. The van der Waals surface area contributed by atoms with Crippen molar-refractivity contribution in [2.24, 2.45) is 0 Å². The molecule has 2 unspecified atom stereocenters. The number of thioether (sulfide) groups is 2. The molecule has 2 heteroatoms. The quantitative estimate of drug-likeness (QED) is 0.481. The third-order valence-electron chi connectivity index (χ3n) is 2.78. The first-order valence-electron chi connectivity index (χ1n) is 6.86. The van der Waals surface area contributed by atoms with E-state index < -0.39 is 0 Å². The molecule has 0 spiro atoms. The van der Waals surface area contributed by atoms with Gasteiger partial charge in [-0.3, -0.25) is 0 Å². The van der Waals surface area contributed by atoms with Crippen molar-refractivity contribution in [1.29, 1.82) is 0 Å². The van der Waals surface area contributed by atoms with E-state index in [9.17, 15) is 0 Å². The van der Waals surface area contributed by atoms with Crippen LogP contribution in [0, 0.1) is 0 Å². The average molecular weight is 300 g/mol. The topological polar surface area (TPSA) is 0 Å². The summed E-state index contributed by atoms with van der Waals surface area (Å²) in [7, 11) is 0. The lowest BCUT2D eigenvalue weighted by atomic mass is 10.3. The van der Waals surface area contributed by atoms with Crippen LogP contribution < -0.4 is 0 Å². The fourth-order valence-electron chi connectivity index (χ4n) is 1.82. The van der Waals surface area contributed by atoms with Gasteiger partial charge in [-0.1, -0.05) is 48.6 Å². The van der Waals surface area contributed by atoms with E-state index in [0.29, 0.717) is 10.5 Å². The molecule has 2 atom stereocenters. The summed E-state index contributed by atoms with van der Waals surface area (Å²) in [6.07, 6.45) is 4.61. The van der Waals surface area contributed by atoms with Crippen LogP contribution >= 0.6 is 23.5 Å². The van der Waals surface area contributed by atoms with Gasteiger partial charge in [-0.2, -0.15) is 0 Å². The van der Waals surface area contributed by atoms with Crippen molar-refractivity contribution in [1.82, 2.24) is 0 Å². The lowest BCUT2D eigenvalue weighted by molar-refractivity contribution is 1.17. The minimum absolute atomic E-state index is 0.497. The summed E-state index contributed by atoms with van der Waals surface area (Å²) < 4.78 is 0. The number of rotatable bonds is 6. The monoisotopic (exact) mass is 300 g/mol. The molecule has 0 aliphatic rings. The molecule has 0 fully saturated rings. The average Bonchev–Trinajstić information content (AvgIpc) is 2.47. The number of hydrogen-bond acceptors (Lipinski definition) is 2. The lowest BCUT2D eigenvalue weighted by Gasteiger charge is -2.09. The van der Waals surface area contributed by atoms with Crippen LogP contribution in [0.4, 0.5) is 0 Å². The summed E-state index contributed by atoms with van der Waals surface area (Å²) in [5.41, 5.74) is 0. The van der Waals surface area contributed by atoms with Gasteiger partial charge in [-0.05, 0) is 38.1 Å². The van der Waals surface area contributed by atoms with Crippen LogP contribution in [0.1, 0.15) is 13.8 Å². The zero-order valence-corrected chi connectivity index (χ0v) is 13.5. The van der Waals surface area contributed by atoms with Crippen molar-refractivity contribution in [2.75, 3.05) is 0 Å². The number of benzene rings is 2. The normalized spacial score (nSPS) is 14.3. The van der Waals surface area contributed by atoms with Gasteiger partial charge in [0.05, 0.1) is 0 Å². The maximum absolute atomic E-state index is 2.30. The molecule has 2 aromatic rings. The molecule has 2 aromatic carbocycles. The summed E-state index contributed by atoms with van der Waals surface area (Å²) >= 11 is 3.79. The van der Waals surface area contributed by atoms with Crippen molar-refractivity contribution in [3.05, 3.63) is 72.8 Å². The molecule has 0 saturated heterocycles. The molecule has 0 heterocycles. The molecule has 0 aromatic heterocycles. The highest BCUT2D eigenvalue weighted by Gasteiger charge is 2.03. The fourth-order valence-corrected chi connectivity index (χ4v) is 3.64. The minimum atomic E-state index is 0.497. The van der Waals surface area contributed by atoms with Crippen LogP contribution in [0.2, 0.25) is 0 Å². The largest absolute Gasteiger partial charge is 0.119 e. The van der Waals surface area contributed by atoms with E-state index in [1.165, 1.54) is 9.79 Å². The predicted molar refractivity (Wildman–Crippen MR) is 92.7 cm³/mol. The highest BCUT2D eigenvalue weighted by molar-refractivity contribution is 8.00. The molecule has 0 aliphatic heterocycles. The Kier molecular flexibility index (Phi) is 6.28. The fraction of sp³-hybridized carbons (Fsp3) is 0.222. The molecule has 0 saturated carbocycles. The van der Waals surface area contributed by atoms with Gasteiger partial charge < -0.3 is 0 Å². The summed E-state index contributed by atoms with van der Waals surface area (Å²) in [5, 5.41) is 0.993. The van der Waals surface area contributed by atoms with Gasteiger partial charge in [0.2, 0.25) is 0 Å². The Bertz CT molecular complexity index is 470. The van der Waals surface area contributed by atoms with Crippen LogP contribution in [0.25, 0.3) is 0 Å². The highest BCUT2D eigenvalue weighted by atomic mass is 32.2. The van der Waals surface area contributed by atoms with Gasteiger partial charge in [0, 0.05) is 20.3 Å². The van der Waals surface area contributed by atoms with Crippen molar-refractivity contribution in [3.63, 3.8) is 0 Å². The van der Waals surface area contributed by atoms with Crippen LogP contribution in [-0.4, -0.2) is 10.5 Å². The zero-order chi connectivity index (χ0) is 14.2. The smallest absolute Gasteiger partial charge is 0.0246 e. The molecule has 0 amide bonds. The van der Waals surface area contributed by atoms with Gasteiger partial charge in [0.15, 0.2) is 0 Å². The molecular formula is C18H20S2. The van der Waals surface area contributed by atoms with Crippen LogP contribution in [0.15, 0.2) is 82.6 Å². The van der Waals surface area contributed by atoms with Crippen LogP contribution in [0.3, 0.4) is 0 Å². The first-order valence-corrected chi connectivity index (χ1v) is 8.62. The Morgan fingerprint density at radius 2 is 1.00 bits per heavy atom. The van der Waals surface area contributed by atoms with Crippen molar-refractivity contribution in [3.8, 4) is 0 Å². The maximum atomic E-state index is 2.30. The molecule has 20 heavy (non-hydrogen) atoms. The van der Waals surface area contributed by atoms with Gasteiger partial charge >= 0.3 is 0 Å². The highest BCUT2D eigenvalue weighted by Crippen LogP contribution is 2.26. The first kappa shape index (κ1) is 15.3. The van der Waals surface area contributed by atoms with Crippen LogP contribution in [0.5, 0.6) is 0 Å². The third kappa shape index (κ3) is 5.48.